The van der Waals surface area contributed by atoms with Crippen molar-refractivity contribution in [2.24, 2.45) is 5.41 Å². The van der Waals surface area contributed by atoms with Crippen LogP contribution >= 0.6 is 11.3 Å². The fourth-order valence-electron chi connectivity index (χ4n) is 7.42. The van der Waals surface area contributed by atoms with Crippen LogP contribution < -0.4 is 0 Å². The highest BCUT2D eigenvalue weighted by atomic mass is 32.1. The quantitative estimate of drug-likeness (QED) is 0.174. The smallest absolute Gasteiger partial charge is 0.228 e. The van der Waals surface area contributed by atoms with Gasteiger partial charge in [-0.2, -0.15) is 0 Å². The summed E-state index contributed by atoms with van der Waals surface area (Å²) in [7, 11) is 0. The van der Waals surface area contributed by atoms with Crippen molar-refractivity contribution in [1.29, 1.82) is 0 Å². The van der Waals surface area contributed by atoms with E-state index in [-0.39, 0.29) is 30.6 Å². The molecule has 1 fully saturated rings. The zero-order valence-electron chi connectivity index (χ0n) is 26.0. The lowest BCUT2D eigenvalue weighted by Gasteiger charge is -2.46. The molecule has 1 saturated carbocycles. The van der Waals surface area contributed by atoms with Gasteiger partial charge in [0.05, 0.1) is 30.7 Å². The summed E-state index contributed by atoms with van der Waals surface area (Å²) in [5.74, 6) is -0.0131. The van der Waals surface area contributed by atoms with E-state index < -0.39 is 23.2 Å². The number of rotatable bonds is 10. The molecule has 3 aliphatic rings. The minimum Gasteiger partial charge on any atom is -0.461 e. The Morgan fingerprint density at radius 2 is 2.02 bits per heavy atom. The number of ketones is 1. The highest BCUT2D eigenvalue weighted by molar-refractivity contribution is 7.09. The maximum absolute atomic E-state index is 13.9. The average Bonchev–Trinajstić information content (AvgIpc) is 3.77. The minimum atomic E-state index is -1.10. The van der Waals surface area contributed by atoms with Crippen LogP contribution in [0, 0.1) is 5.41 Å². The largest absolute Gasteiger partial charge is 0.461 e. The fraction of sp³-hybridized carbons (Fsp3) is 0.528. The van der Waals surface area contributed by atoms with Crippen LogP contribution in [0.5, 0.6) is 0 Å². The van der Waals surface area contributed by atoms with Gasteiger partial charge in [0, 0.05) is 35.5 Å². The number of carbonyl (C=O) groups is 1. The third kappa shape index (κ3) is 7.27. The van der Waals surface area contributed by atoms with Crippen molar-refractivity contribution >= 4 is 17.1 Å². The molecular formula is C36H47NO6S. The summed E-state index contributed by atoms with van der Waals surface area (Å²) in [4.78, 5) is 17.2. The number of aliphatic hydroxyl groups excluding tert-OH is 3. The second-order valence-electron chi connectivity index (χ2n) is 13.2. The zero-order valence-corrected chi connectivity index (χ0v) is 26.8. The fourth-order valence-corrected chi connectivity index (χ4v) is 8.12. The third-order valence-electron chi connectivity index (χ3n) is 10.1. The number of carbonyl (C=O) groups excluding carboxylic acids is 1. The van der Waals surface area contributed by atoms with Gasteiger partial charge in [-0.1, -0.05) is 36.8 Å². The van der Waals surface area contributed by atoms with Crippen LogP contribution in [-0.2, 0) is 12.8 Å². The number of hydrogen-bond acceptors (Lipinski definition) is 8. The Labute approximate surface area is 264 Å². The van der Waals surface area contributed by atoms with Gasteiger partial charge in [0.1, 0.15) is 0 Å². The van der Waals surface area contributed by atoms with E-state index in [0.717, 1.165) is 30.4 Å². The summed E-state index contributed by atoms with van der Waals surface area (Å²) >= 11 is 1.69. The third-order valence-corrected chi connectivity index (χ3v) is 11.0. The number of aliphatic hydroxyl groups is 4. The Kier molecular flexibility index (Phi) is 10.6. The molecule has 2 aromatic heterocycles. The zero-order chi connectivity index (χ0) is 31.3. The maximum atomic E-state index is 13.9. The molecule has 0 radical (unpaired) electrons. The topological polar surface area (TPSA) is 114 Å². The second kappa shape index (κ2) is 14.2. The van der Waals surface area contributed by atoms with Gasteiger partial charge < -0.3 is 24.8 Å². The molecule has 2 bridgehead atoms. The van der Waals surface area contributed by atoms with Gasteiger partial charge in [-0.3, -0.25) is 9.69 Å². The van der Waals surface area contributed by atoms with Gasteiger partial charge >= 0.3 is 0 Å². The number of thiophene rings is 1. The molecule has 2 heterocycles. The van der Waals surface area contributed by atoms with E-state index >= 15 is 0 Å². The lowest BCUT2D eigenvalue weighted by Crippen LogP contribution is -2.54. The molecule has 0 aliphatic heterocycles. The Hall–Kier alpha value is -2.59. The van der Waals surface area contributed by atoms with Crippen molar-refractivity contribution in [2.75, 3.05) is 26.2 Å². The second-order valence-corrected chi connectivity index (χ2v) is 14.2. The first kappa shape index (κ1) is 32.8. The Morgan fingerprint density at radius 3 is 2.75 bits per heavy atom. The maximum Gasteiger partial charge on any atom is 0.228 e. The number of fused-ring (bicyclic) bond motifs is 8. The van der Waals surface area contributed by atoms with Crippen LogP contribution in [0.1, 0.15) is 90.4 Å². The van der Waals surface area contributed by atoms with E-state index in [1.165, 1.54) is 16.7 Å². The van der Waals surface area contributed by atoms with E-state index in [4.69, 9.17) is 4.42 Å². The standard InChI is InChI=1S/C36H47NO6S/c1-25-6-3-15-35(2)32(13-16-36(35,42)24-37(22-28(40)23-38)17-14-29-7-5-19-44-29)30-12-10-26(20-27(39)11-9-25)21-31(30)34(41)33-8-4-18-43-33/h4-8,10,12,18-19,21,27-28,32,38-40,42H,3,9,11,13-17,20,22-24H2,1-2H3/t27-,28-,32-,35-,36+/m0/s1. The van der Waals surface area contributed by atoms with E-state index in [9.17, 15) is 25.2 Å². The summed E-state index contributed by atoms with van der Waals surface area (Å²) in [6.45, 7) is 5.21. The van der Waals surface area contributed by atoms with Crippen molar-refractivity contribution in [2.45, 2.75) is 88.9 Å². The first-order chi connectivity index (χ1) is 21.1. The van der Waals surface area contributed by atoms with E-state index in [0.29, 0.717) is 50.8 Å². The van der Waals surface area contributed by atoms with Crippen molar-refractivity contribution in [3.05, 3.63) is 93.1 Å². The molecule has 0 saturated heterocycles. The molecule has 238 valence electrons. The molecule has 6 rings (SSSR count). The first-order valence-electron chi connectivity index (χ1n) is 15.9. The number of allylic oxidation sites excluding steroid dienone is 2. The Balaban J connectivity index is 1.54. The summed E-state index contributed by atoms with van der Waals surface area (Å²) < 4.78 is 5.54. The molecule has 0 unspecified atom stereocenters. The van der Waals surface area contributed by atoms with Gasteiger partial charge in [0.2, 0.25) is 5.78 Å². The van der Waals surface area contributed by atoms with Crippen LogP contribution in [0.3, 0.4) is 0 Å². The number of hydrogen-bond donors (Lipinski definition) is 4. The number of benzene rings is 1. The molecular weight excluding hydrogens is 574 g/mol. The van der Waals surface area contributed by atoms with Gasteiger partial charge in [0.25, 0.3) is 0 Å². The van der Waals surface area contributed by atoms with Gasteiger partial charge in [0.15, 0.2) is 5.76 Å². The Bertz CT molecular complexity index is 1400. The SMILES string of the molecule is CC1=CCC[C@@]2(C)[C@@H](CC[C@@]2(O)CN(CCc2cccs2)C[C@H](O)CO)c2ccc(cc2C(=O)c2ccco2)C[C@@H](O)CC1. The monoisotopic (exact) mass is 621 g/mol. The van der Waals surface area contributed by atoms with Crippen LogP contribution in [0.15, 0.2) is 70.2 Å². The van der Waals surface area contributed by atoms with Crippen molar-refractivity contribution < 1.29 is 29.6 Å². The lowest BCUT2D eigenvalue weighted by atomic mass is 9.64. The molecule has 0 spiro atoms. The summed E-state index contributed by atoms with van der Waals surface area (Å²) in [5, 5.41) is 45.7. The highest BCUT2D eigenvalue weighted by Crippen LogP contribution is 2.58. The molecule has 8 heteroatoms. The molecule has 44 heavy (non-hydrogen) atoms. The van der Waals surface area contributed by atoms with Crippen LogP contribution in [0.2, 0.25) is 0 Å². The number of nitrogens with zero attached hydrogens (tertiary/aromatic N) is 1. The van der Waals surface area contributed by atoms with E-state index in [1.54, 1.807) is 23.5 Å². The minimum absolute atomic E-state index is 0.0982. The molecule has 3 aromatic rings. The van der Waals surface area contributed by atoms with E-state index in [1.807, 2.05) is 24.3 Å². The van der Waals surface area contributed by atoms with Crippen molar-refractivity contribution in [3.63, 3.8) is 0 Å². The summed E-state index contributed by atoms with van der Waals surface area (Å²) in [6.07, 6.45) is 7.76. The normalized spacial score (nSPS) is 26.8. The Morgan fingerprint density at radius 1 is 1.18 bits per heavy atom. The molecule has 0 amide bonds. The predicted octanol–water partition coefficient (Wildman–Crippen LogP) is 5.51. The van der Waals surface area contributed by atoms with Crippen LogP contribution in [0.4, 0.5) is 0 Å². The summed E-state index contributed by atoms with van der Waals surface area (Å²) in [5.41, 5.74) is 1.93. The predicted molar refractivity (Wildman–Crippen MR) is 173 cm³/mol. The first-order valence-corrected chi connectivity index (χ1v) is 16.8. The molecule has 7 nitrogen and oxygen atoms in total. The molecule has 3 aliphatic carbocycles. The van der Waals surface area contributed by atoms with Crippen LogP contribution in [-0.4, -0.2) is 75.2 Å². The number of furan rings is 1. The van der Waals surface area contributed by atoms with Crippen LogP contribution in [0.25, 0.3) is 0 Å². The van der Waals surface area contributed by atoms with Gasteiger partial charge in [-0.25, -0.2) is 0 Å². The van der Waals surface area contributed by atoms with E-state index in [2.05, 4.69) is 36.3 Å². The molecule has 4 N–H and O–H groups in total. The van der Waals surface area contributed by atoms with Gasteiger partial charge in [-0.05, 0) is 105 Å². The molecule has 1 aromatic carbocycles. The molecule has 5 atom stereocenters. The lowest BCUT2D eigenvalue weighted by molar-refractivity contribution is -0.0889. The summed E-state index contributed by atoms with van der Waals surface area (Å²) in [6, 6.07) is 13.5. The van der Waals surface area contributed by atoms with Crippen molar-refractivity contribution in [1.82, 2.24) is 4.90 Å². The average molecular weight is 622 g/mol. The van der Waals surface area contributed by atoms with Crippen molar-refractivity contribution in [3.8, 4) is 0 Å². The van der Waals surface area contributed by atoms with Gasteiger partial charge in [-0.15, -0.1) is 11.3 Å². The highest BCUT2D eigenvalue weighted by Gasteiger charge is 2.57.